The monoisotopic (exact) mass is 412 g/mol. The van der Waals surface area contributed by atoms with Gasteiger partial charge in [-0.25, -0.2) is 0 Å². The van der Waals surface area contributed by atoms with Gasteiger partial charge in [-0.2, -0.15) is 5.10 Å². The fraction of sp³-hybridized carbons (Fsp3) is 0.565. The van der Waals surface area contributed by atoms with Gasteiger partial charge in [-0.05, 0) is 64.3 Å². The third-order valence-corrected chi connectivity index (χ3v) is 5.70. The van der Waals surface area contributed by atoms with E-state index in [1.165, 1.54) is 24.0 Å². The highest BCUT2D eigenvalue weighted by Gasteiger charge is 2.25. The molecule has 1 aliphatic rings. The molecule has 1 aromatic heterocycles. The maximum atomic E-state index is 5.65. The lowest BCUT2D eigenvalue weighted by Gasteiger charge is -2.28. The highest BCUT2D eigenvalue weighted by atomic mass is 16.5. The number of aromatic nitrogens is 2. The van der Waals surface area contributed by atoms with Gasteiger partial charge in [-0.1, -0.05) is 18.2 Å². The standard InChI is InChI=1S/C23H36N6O/c1-4-24-23(25-13-9-10-19-16-27-28-18(19)2)26-17-21(29-14-7-8-15-29)20-11-5-6-12-22(20)30-3/h5-6,11-12,16,21H,4,7-10,13-15,17H2,1-3H3,(H,27,28)(H2,24,25,26). The molecule has 2 aromatic rings. The van der Waals surface area contributed by atoms with Crippen LogP contribution in [0.15, 0.2) is 35.5 Å². The Labute approximate surface area is 180 Å². The van der Waals surface area contributed by atoms with E-state index in [4.69, 9.17) is 9.73 Å². The number of para-hydroxylation sites is 1. The zero-order valence-corrected chi connectivity index (χ0v) is 18.6. The highest BCUT2D eigenvalue weighted by molar-refractivity contribution is 5.79. The number of nitrogens with one attached hydrogen (secondary N) is 3. The van der Waals surface area contributed by atoms with Crippen LogP contribution in [-0.4, -0.2) is 60.9 Å². The second-order valence-electron chi connectivity index (χ2n) is 7.77. The molecule has 0 spiro atoms. The molecule has 7 nitrogen and oxygen atoms in total. The van der Waals surface area contributed by atoms with Crippen molar-refractivity contribution >= 4 is 5.96 Å². The van der Waals surface area contributed by atoms with Crippen LogP contribution in [0.2, 0.25) is 0 Å². The molecule has 1 unspecified atom stereocenters. The molecule has 1 aromatic carbocycles. The Morgan fingerprint density at radius 1 is 1.27 bits per heavy atom. The van der Waals surface area contributed by atoms with E-state index in [-0.39, 0.29) is 6.04 Å². The summed E-state index contributed by atoms with van der Waals surface area (Å²) in [5.41, 5.74) is 3.65. The summed E-state index contributed by atoms with van der Waals surface area (Å²) in [6.07, 6.45) is 6.46. The van der Waals surface area contributed by atoms with Gasteiger partial charge in [-0.3, -0.25) is 15.0 Å². The molecule has 7 heteroatoms. The lowest BCUT2D eigenvalue weighted by Crippen LogP contribution is -2.39. The predicted molar refractivity (Wildman–Crippen MR) is 122 cm³/mol. The van der Waals surface area contributed by atoms with E-state index in [1.54, 1.807) is 7.11 Å². The smallest absolute Gasteiger partial charge is 0.191 e. The number of aryl methyl sites for hydroxylation is 2. The van der Waals surface area contributed by atoms with Crippen molar-refractivity contribution in [2.45, 2.75) is 45.6 Å². The van der Waals surface area contributed by atoms with Crippen molar-refractivity contribution in [2.24, 2.45) is 4.99 Å². The van der Waals surface area contributed by atoms with Gasteiger partial charge < -0.3 is 15.4 Å². The summed E-state index contributed by atoms with van der Waals surface area (Å²) in [5, 5.41) is 14.0. The maximum absolute atomic E-state index is 5.65. The van der Waals surface area contributed by atoms with Gasteiger partial charge in [0, 0.05) is 24.3 Å². The SMILES string of the molecule is CCNC(=NCC(c1ccccc1OC)N1CCCC1)NCCCc1cn[nH]c1C. The van der Waals surface area contributed by atoms with Crippen molar-refractivity contribution in [2.75, 3.05) is 39.8 Å². The van der Waals surface area contributed by atoms with Crippen LogP contribution < -0.4 is 15.4 Å². The Kier molecular flexibility index (Phi) is 8.56. The molecule has 2 heterocycles. The van der Waals surface area contributed by atoms with Gasteiger partial charge in [0.15, 0.2) is 5.96 Å². The number of likely N-dealkylation sites (tertiary alicyclic amines) is 1. The molecule has 1 saturated heterocycles. The van der Waals surface area contributed by atoms with E-state index in [9.17, 15) is 0 Å². The van der Waals surface area contributed by atoms with Gasteiger partial charge in [-0.15, -0.1) is 0 Å². The van der Waals surface area contributed by atoms with Crippen molar-refractivity contribution in [3.05, 3.63) is 47.3 Å². The largest absolute Gasteiger partial charge is 0.496 e. The number of hydrogen-bond acceptors (Lipinski definition) is 4. The zero-order chi connectivity index (χ0) is 21.2. The Morgan fingerprint density at radius 3 is 2.77 bits per heavy atom. The molecule has 3 rings (SSSR count). The van der Waals surface area contributed by atoms with E-state index in [2.05, 4.69) is 51.7 Å². The van der Waals surface area contributed by atoms with Gasteiger partial charge in [0.25, 0.3) is 0 Å². The second-order valence-corrected chi connectivity index (χ2v) is 7.77. The van der Waals surface area contributed by atoms with Crippen molar-refractivity contribution in [1.82, 2.24) is 25.7 Å². The molecule has 1 atom stereocenters. The van der Waals surface area contributed by atoms with E-state index >= 15 is 0 Å². The summed E-state index contributed by atoms with van der Waals surface area (Å²) in [5.74, 6) is 1.82. The van der Waals surface area contributed by atoms with Crippen LogP contribution in [0.1, 0.15) is 49.0 Å². The van der Waals surface area contributed by atoms with Crippen molar-refractivity contribution in [1.29, 1.82) is 0 Å². The number of ether oxygens (including phenoxy) is 1. The summed E-state index contributed by atoms with van der Waals surface area (Å²) < 4.78 is 5.65. The van der Waals surface area contributed by atoms with Crippen LogP contribution in [0.25, 0.3) is 0 Å². The number of guanidine groups is 1. The van der Waals surface area contributed by atoms with Crippen molar-refractivity contribution < 1.29 is 4.74 Å². The third-order valence-electron chi connectivity index (χ3n) is 5.70. The first-order chi connectivity index (χ1) is 14.7. The third kappa shape index (κ3) is 5.98. The molecule has 30 heavy (non-hydrogen) atoms. The summed E-state index contributed by atoms with van der Waals surface area (Å²) in [4.78, 5) is 7.48. The van der Waals surface area contributed by atoms with Gasteiger partial charge in [0.1, 0.15) is 5.75 Å². The zero-order valence-electron chi connectivity index (χ0n) is 18.6. The Bertz CT molecular complexity index is 796. The number of hydrogen-bond donors (Lipinski definition) is 3. The molecule has 0 aliphatic carbocycles. The van der Waals surface area contributed by atoms with Crippen LogP contribution in [-0.2, 0) is 6.42 Å². The number of H-pyrrole nitrogens is 1. The lowest BCUT2D eigenvalue weighted by atomic mass is 10.0. The number of rotatable bonds is 10. The van der Waals surface area contributed by atoms with Crippen molar-refractivity contribution in [3.8, 4) is 5.75 Å². The minimum Gasteiger partial charge on any atom is -0.496 e. The van der Waals surface area contributed by atoms with Gasteiger partial charge >= 0.3 is 0 Å². The lowest BCUT2D eigenvalue weighted by molar-refractivity contribution is 0.245. The minimum atomic E-state index is 0.229. The quantitative estimate of drug-likeness (QED) is 0.318. The molecule has 1 fully saturated rings. The summed E-state index contributed by atoms with van der Waals surface area (Å²) in [6, 6.07) is 8.56. The Hall–Kier alpha value is -2.54. The average molecular weight is 413 g/mol. The van der Waals surface area contributed by atoms with Gasteiger partial charge in [0.2, 0.25) is 0 Å². The number of benzene rings is 1. The molecule has 3 N–H and O–H groups in total. The normalized spacial score (nSPS) is 15.9. The van der Waals surface area contributed by atoms with E-state index in [1.807, 2.05) is 18.3 Å². The molecule has 1 aliphatic heterocycles. The first kappa shape index (κ1) is 22.2. The van der Waals surface area contributed by atoms with Crippen LogP contribution in [0.3, 0.4) is 0 Å². The predicted octanol–water partition coefficient (Wildman–Crippen LogP) is 3.05. The Morgan fingerprint density at radius 2 is 2.07 bits per heavy atom. The fourth-order valence-corrected chi connectivity index (χ4v) is 4.04. The Balaban J connectivity index is 1.64. The van der Waals surface area contributed by atoms with Crippen LogP contribution in [0.5, 0.6) is 5.75 Å². The number of aromatic amines is 1. The number of methoxy groups -OCH3 is 1. The number of nitrogens with zero attached hydrogens (tertiary/aromatic N) is 3. The summed E-state index contributed by atoms with van der Waals surface area (Å²) in [6.45, 7) is 8.83. The van der Waals surface area contributed by atoms with Crippen LogP contribution in [0, 0.1) is 6.92 Å². The molecule has 0 radical (unpaired) electrons. The van der Waals surface area contributed by atoms with Crippen LogP contribution in [0.4, 0.5) is 0 Å². The first-order valence-corrected chi connectivity index (χ1v) is 11.1. The maximum Gasteiger partial charge on any atom is 0.191 e. The van der Waals surface area contributed by atoms with E-state index in [0.29, 0.717) is 6.54 Å². The summed E-state index contributed by atoms with van der Waals surface area (Å²) >= 11 is 0. The average Bonchev–Trinajstić information content (AvgIpc) is 3.44. The van der Waals surface area contributed by atoms with E-state index < -0.39 is 0 Å². The molecule has 0 saturated carbocycles. The van der Waals surface area contributed by atoms with Crippen LogP contribution >= 0.6 is 0 Å². The minimum absolute atomic E-state index is 0.229. The highest BCUT2D eigenvalue weighted by Crippen LogP contribution is 2.31. The molecule has 164 valence electrons. The van der Waals surface area contributed by atoms with E-state index in [0.717, 1.165) is 56.4 Å². The fourth-order valence-electron chi connectivity index (χ4n) is 4.04. The molecular weight excluding hydrogens is 376 g/mol. The molecule has 0 bridgehead atoms. The topological polar surface area (TPSA) is 77.6 Å². The molecular formula is C23H36N6O. The van der Waals surface area contributed by atoms with Gasteiger partial charge in [0.05, 0.1) is 25.9 Å². The van der Waals surface area contributed by atoms with Crippen molar-refractivity contribution in [3.63, 3.8) is 0 Å². The molecule has 0 amide bonds. The summed E-state index contributed by atoms with van der Waals surface area (Å²) in [7, 11) is 1.75. The second kappa shape index (κ2) is 11.6. The number of aliphatic imine (C=N–C) groups is 1. The first-order valence-electron chi connectivity index (χ1n) is 11.1.